The van der Waals surface area contributed by atoms with E-state index in [9.17, 15) is 0 Å². The Balaban J connectivity index is 2.38. The number of hydrogen-bond donors (Lipinski definition) is 2. The molecule has 13 heavy (non-hydrogen) atoms. The van der Waals surface area contributed by atoms with E-state index in [0.29, 0.717) is 6.10 Å². The summed E-state index contributed by atoms with van der Waals surface area (Å²) in [4.78, 5) is 0. The average Bonchev–Trinajstić information content (AvgIpc) is 2.00. The highest BCUT2D eigenvalue weighted by atomic mass is 16.5. The molecule has 0 amide bonds. The monoisotopic (exact) mass is 187 g/mol. The van der Waals surface area contributed by atoms with E-state index in [1.165, 1.54) is 0 Å². The van der Waals surface area contributed by atoms with Crippen LogP contribution in [0.1, 0.15) is 33.1 Å². The van der Waals surface area contributed by atoms with Crippen molar-refractivity contribution in [3.8, 4) is 0 Å². The maximum Gasteiger partial charge on any atom is 0.0586 e. The van der Waals surface area contributed by atoms with Gasteiger partial charge in [0.05, 0.1) is 6.10 Å². The third-order valence-corrected chi connectivity index (χ3v) is 3.25. The molecular weight excluding hydrogens is 166 g/mol. The molecule has 3 nitrogen and oxygen atoms in total. The zero-order valence-corrected chi connectivity index (χ0v) is 8.62. The van der Waals surface area contributed by atoms with Gasteiger partial charge in [0.1, 0.15) is 0 Å². The van der Waals surface area contributed by atoms with Gasteiger partial charge in [0, 0.05) is 19.3 Å². The smallest absolute Gasteiger partial charge is 0.0586 e. The molecule has 0 aromatic rings. The minimum absolute atomic E-state index is 0.147. The van der Waals surface area contributed by atoms with E-state index in [-0.39, 0.29) is 18.1 Å². The van der Waals surface area contributed by atoms with Crippen molar-refractivity contribution in [2.75, 3.05) is 13.2 Å². The standard InChI is InChI=1S/C10H21NO2/c1-3-13-9-6-10(7-9,4-5-12)8(2)11/h8-9,12H,3-7,11H2,1-2H3. The molecule has 3 heteroatoms. The van der Waals surface area contributed by atoms with Crippen LogP contribution in [0.3, 0.4) is 0 Å². The second kappa shape index (κ2) is 4.40. The van der Waals surface area contributed by atoms with Crippen molar-refractivity contribution in [1.29, 1.82) is 0 Å². The number of aliphatic hydroxyl groups is 1. The zero-order chi connectivity index (χ0) is 9.90. The summed E-state index contributed by atoms with van der Waals surface area (Å²) >= 11 is 0. The summed E-state index contributed by atoms with van der Waals surface area (Å²) in [6, 6.07) is 0.163. The largest absolute Gasteiger partial charge is 0.396 e. The lowest BCUT2D eigenvalue weighted by Gasteiger charge is -2.50. The summed E-state index contributed by atoms with van der Waals surface area (Å²) in [6.45, 7) is 5.05. The highest BCUT2D eigenvalue weighted by Gasteiger charge is 2.46. The molecule has 1 atom stereocenters. The number of nitrogens with two attached hydrogens (primary N) is 1. The van der Waals surface area contributed by atoms with Gasteiger partial charge in [-0.15, -0.1) is 0 Å². The van der Waals surface area contributed by atoms with Gasteiger partial charge in [0.2, 0.25) is 0 Å². The van der Waals surface area contributed by atoms with E-state index in [2.05, 4.69) is 0 Å². The van der Waals surface area contributed by atoms with Crippen molar-refractivity contribution in [2.45, 2.75) is 45.3 Å². The second-order valence-electron chi connectivity index (χ2n) is 4.11. The van der Waals surface area contributed by atoms with Crippen LogP contribution in [0, 0.1) is 5.41 Å². The maximum absolute atomic E-state index is 8.94. The molecule has 1 fully saturated rings. The Labute approximate surface area is 80.3 Å². The van der Waals surface area contributed by atoms with Crippen molar-refractivity contribution in [2.24, 2.45) is 11.1 Å². The number of rotatable bonds is 5. The van der Waals surface area contributed by atoms with Gasteiger partial charge in [-0.3, -0.25) is 0 Å². The molecule has 0 aromatic carbocycles. The van der Waals surface area contributed by atoms with Gasteiger partial charge in [-0.1, -0.05) is 0 Å². The molecule has 0 spiro atoms. The van der Waals surface area contributed by atoms with Crippen molar-refractivity contribution in [3.05, 3.63) is 0 Å². The summed E-state index contributed by atoms with van der Waals surface area (Å²) in [5.41, 5.74) is 6.06. The van der Waals surface area contributed by atoms with Crippen LogP contribution in [-0.4, -0.2) is 30.5 Å². The van der Waals surface area contributed by atoms with Gasteiger partial charge in [-0.2, -0.15) is 0 Å². The molecule has 0 radical (unpaired) electrons. The Hall–Kier alpha value is -0.120. The van der Waals surface area contributed by atoms with E-state index in [1.807, 2.05) is 13.8 Å². The molecule has 1 saturated carbocycles. The second-order valence-corrected chi connectivity index (χ2v) is 4.11. The quantitative estimate of drug-likeness (QED) is 0.672. The summed E-state index contributed by atoms with van der Waals surface area (Å²) in [7, 11) is 0. The van der Waals surface area contributed by atoms with Crippen molar-refractivity contribution >= 4 is 0 Å². The van der Waals surface area contributed by atoms with Crippen molar-refractivity contribution < 1.29 is 9.84 Å². The normalized spacial score (nSPS) is 35.5. The Bertz CT molecular complexity index is 153. The SMILES string of the molecule is CCOC1CC(CCO)(C(C)N)C1. The third kappa shape index (κ3) is 2.22. The maximum atomic E-state index is 8.94. The van der Waals surface area contributed by atoms with Crippen LogP contribution < -0.4 is 5.73 Å². The lowest BCUT2D eigenvalue weighted by atomic mass is 9.61. The Morgan fingerprint density at radius 1 is 1.62 bits per heavy atom. The summed E-state index contributed by atoms with van der Waals surface area (Å²) < 4.78 is 5.49. The molecule has 0 heterocycles. The number of aliphatic hydroxyl groups excluding tert-OH is 1. The minimum Gasteiger partial charge on any atom is -0.396 e. The van der Waals surface area contributed by atoms with Gasteiger partial charge in [0.25, 0.3) is 0 Å². The fraction of sp³-hybridized carbons (Fsp3) is 1.00. The lowest BCUT2D eigenvalue weighted by molar-refractivity contribution is -0.0945. The molecule has 0 saturated heterocycles. The Morgan fingerprint density at radius 2 is 2.23 bits per heavy atom. The molecule has 0 aromatic heterocycles. The van der Waals surface area contributed by atoms with Gasteiger partial charge in [-0.25, -0.2) is 0 Å². The fourth-order valence-corrected chi connectivity index (χ4v) is 2.23. The first-order valence-electron chi connectivity index (χ1n) is 5.12. The van der Waals surface area contributed by atoms with Crippen LogP contribution >= 0.6 is 0 Å². The zero-order valence-electron chi connectivity index (χ0n) is 8.62. The van der Waals surface area contributed by atoms with Crippen molar-refractivity contribution in [3.63, 3.8) is 0 Å². The lowest BCUT2D eigenvalue weighted by Crippen LogP contribution is -2.52. The molecule has 1 aliphatic carbocycles. The van der Waals surface area contributed by atoms with Gasteiger partial charge < -0.3 is 15.6 Å². The van der Waals surface area contributed by atoms with Crippen LogP contribution in [0.2, 0.25) is 0 Å². The number of ether oxygens (including phenoxy) is 1. The summed E-state index contributed by atoms with van der Waals surface area (Å²) in [6.07, 6.45) is 3.22. The first kappa shape index (κ1) is 11.0. The van der Waals surface area contributed by atoms with E-state index in [0.717, 1.165) is 25.9 Å². The van der Waals surface area contributed by atoms with Crippen LogP contribution in [0.25, 0.3) is 0 Å². The molecule has 1 aliphatic rings. The van der Waals surface area contributed by atoms with Crippen LogP contribution in [0.4, 0.5) is 0 Å². The van der Waals surface area contributed by atoms with Crippen molar-refractivity contribution in [1.82, 2.24) is 0 Å². The molecule has 1 unspecified atom stereocenters. The van der Waals surface area contributed by atoms with E-state index >= 15 is 0 Å². The molecule has 78 valence electrons. The van der Waals surface area contributed by atoms with Crippen LogP contribution in [0.15, 0.2) is 0 Å². The molecule has 0 aliphatic heterocycles. The Kier molecular flexibility index (Phi) is 3.71. The van der Waals surface area contributed by atoms with Gasteiger partial charge in [-0.05, 0) is 38.5 Å². The molecule has 3 N–H and O–H groups in total. The predicted octanol–water partition coefficient (Wildman–Crippen LogP) is 0.901. The summed E-state index contributed by atoms with van der Waals surface area (Å²) in [5, 5.41) is 8.94. The minimum atomic E-state index is 0.147. The predicted molar refractivity (Wildman–Crippen MR) is 52.4 cm³/mol. The van der Waals surface area contributed by atoms with Gasteiger partial charge in [0.15, 0.2) is 0 Å². The third-order valence-electron chi connectivity index (χ3n) is 3.25. The van der Waals surface area contributed by atoms with E-state index in [1.54, 1.807) is 0 Å². The first-order chi connectivity index (χ1) is 6.14. The highest BCUT2D eigenvalue weighted by Crippen LogP contribution is 2.47. The first-order valence-corrected chi connectivity index (χ1v) is 5.12. The van der Waals surface area contributed by atoms with Crippen LogP contribution in [-0.2, 0) is 4.74 Å². The Morgan fingerprint density at radius 3 is 2.62 bits per heavy atom. The fourth-order valence-electron chi connectivity index (χ4n) is 2.23. The van der Waals surface area contributed by atoms with E-state index < -0.39 is 0 Å². The van der Waals surface area contributed by atoms with E-state index in [4.69, 9.17) is 15.6 Å². The highest BCUT2D eigenvalue weighted by molar-refractivity contribution is 4.99. The number of hydrogen-bond acceptors (Lipinski definition) is 3. The molecular formula is C10H21NO2. The van der Waals surface area contributed by atoms with Gasteiger partial charge >= 0.3 is 0 Å². The molecule has 1 rings (SSSR count). The summed E-state index contributed by atoms with van der Waals surface area (Å²) in [5.74, 6) is 0. The molecule has 0 bridgehead atoms. The van der Waals surface area contributed by atoms with Crippen LogP contribution in [0.5, 0.6) is 0 Å². The average molecular weight is 187 g/mol. The topological polar surface area (TPSA) is 55.5 Å².